The van der Waals surface area contributed by atoms with Crippen LogP contribution in [-0.2, 0) is 4.74 Å². The predicted octanol–water partition coefficient (Wildman–Crippen LogP) is 1.82. The Kier molecular flexibility index (Phi) is 3.83. The maximum atomic E-state index is 11.1. The van der Waals surface area contributed by atoms with Crippen LogP contribution in [0, 0.1) is 10.1 Å². The van der Waals surface area contributed by atoms with Crippen molar-refractivity contribution >= 4 is 34.5 Å². The van der Waals surface area contributed by atoms with E-state index in [1.807, 2.05) is 0 Å². The molecule has 7 heteroatoms. The third kappa shape index (κ3) is 2.78. The molecule has 0 spiro atoms. The smallest absolute Gasteiger partial charge is 0.337 e. The molecule has 0 heterocycles. The molecule has 0 unspecified atom stereocenters. The van der Waals surface area contributed by atoms with E-state index in [2.05, 4.69) is 4.74 Å². The molecule has 0 amide bonds. The van der Waals surface area contributed by atoms with Crippen LogP contribution in [0.1, 0.15) is 10.4 Å². The lowest BCUT2D eigenvalue weighted by molar-refractivity contribution is -0.466. The molecule has 1 aromatic rings. The highest BCUT2D eigenvalue weighted by Crippen LogP contribution is 2.19. The summed E-state index contributed by atoms with van der Waals surface area (Å²) in [7, 11) is 1.25. The first kappa shape index (κ1) is 11.7. The molecule has 0 aromatic heterocycles. The number of hydrogen-bond acceptors (Lipinski definition) is 4. The van der Waals surface area contributed by atoms with Crippen molar-refractivity contribution in [3.05, 3.63) is 39.9 Å². The van der Waals surface area contributed by atoms with Crippen LogP contribution in [0.2, 0.25) is 0 Å². The van der Waals surface area contributed by atoms with Gasteiger partial charge in [0.05, 0.1) is 12.7 Å². The van der Waals surface area contributed by atoms with Crippen LogP contribution in [0.5, 0.6) is 0 Å². The summed E-state index contributed by atoms with van der Waals surface area (Å²) in [4.78, 5) is 21.6. The van der Waals surface area contributed by atoms with Crippen LogP contribution in [0.15, 0.2) is 24.3 Å². The topological polar surface area (TPSA) is 72.7 Å². The molecule has 0 radical (unpaired) electrons. The zero-order valence-corrected chi connectivity index (χ0v) is 9.87. The second-order valence-corrected chi connectivity index (χ2v) is 3.45. The van der Waals surface area contributed by atoms with Crippen LogP contribution in [0.3, 0.4) is 0 Å². The Labute approximate surface area is 99.4 Å². The van der Waals surface area contributed by atoms with E-state index in [0.29, 0.717) is 5.69 Å². The molecule has 0 aliphatic rings. The number of hydrazine groups is 1. The van der Waals surface area contributed by atoms with Gasteiger partial charge in [-0.05, 0) is 21.4 Å². The number of esters is 1. The van der Waals surface area contributed by atoms with Crippen LogP contribution < -0.4 is 3.22 Å². The van der Waals surface area contributed by atoms with Gasteiger partial charge < -0.3 is 4.74 Å². The summed E-state index contributed by atoms with van der Waals surface area (Å²) in [5, 5.41) is 9.87. The van der Waals surface area contributed by atoms with Crippen molar-refractivity contribution < 1.29 is 14.6 Å². The number of ether oxygens (including phenoxy) is 1. The van der Waals surface area contributed by atoms with E-state index in [4.69, 9.17) is 0 Å². The fraction of sp³-hybridized carbons (Fsp3) is 0.125. The van der Waals surface area contributed by atoms with E-state index >= 15 is 0 Å². The second-order valence-electron chi connectivity index (χ2n) is 2.54. The van der Waals surface area contributed by atoms with Gasteiger partial charge in [0.2, 0.25) is 0 Å². The number of anilines is 1. The fourth-order valence-corrected chi connectivity index (χ4v) is 1.26. The van der Waals surface area contributed by atoms with Crippen LogP contribution in [-0.4, -0.2) is 18.1 Å². The Morgan fingerprint density at radius 1 is 1.60 bits per heavy atom. The standard InChI is InChI=1S/C8H7IN2O4/c1-15-8(12)6-3-2-4-7(5-6)10(9)11(13)14/h2-5H,1H3. The molecule has 0 atom stereocenters. The van der Waals surface area contributed by atoms with Crippen LogP contribution in [0.25, 0.3) is 0 Å². The van der Waals surface area contributed by atoms with Crippen molar-refractivity contribution in [2.45, 2.75) is 0 Å². The number of benzene rings is 1. The lowest BCUT2D eigenvalue weighted by Crippen LogP contribution is -2.17. The maximum Gasteiger partial charge on any atom is 0.337 e. The molecule has 0 bridgehead atoms. The SMILES string of the molecule is COC(=O)c1cccc(N(I)[N+](=O)[O-])c1. The number of carbonyl (C=O) groups is 1. The first-order valence-electron chi connectivity index (χ1n) is 3.85. The van der Waals surface area contributed by atoms with E-state index in [0.717, 1.165) is 3.22 Å². The van der Waals surface area contributed by atoms with Gasteiger partial charge in [0.25, 0.3) is 0 Å². The molecular weight excluding hydrogens is 315 g/mol. The first-order chi connectivity index (χ1) is 7.06. The predicted molar refractivity (Wildman–Crippen MR) is 61.3 cm³/mol. The molecular formula is C8H7IN2O4. The summed E-state index contributed by atoms with van der Waals surface area (Å²) in [6.45, 7) is 0. The third-order valence-electron chi connectivity index (χ3n) is 1.62. The average Bonchev–Trinajstić information content (AvgIpc) is 2.27. The van der Waals surface area contributed by atoms with Gasteiger partial charge in [-0.3, -0.25) is 0 Å². The van der Waals surface area contributed by atoms with Gasteiger partial charge in [0.15, 0.2) is 5.03 Å². The van der Waals surface area contributed by atoms with E-state index in [1.165, 1.54) is 48.2 Å². The largest absolute Gasteiger partial charge is 0.465 e. The van der Waals surface area contributed by atoms with Gasteiger partial charge in [0, 0.05) is 0 Å². The number of nitrogens with zero attached hydrogens (tertiary/aromatic N) is 2. The average molecular weight is 322 g/mol. The number of hydrogen-bond donors (Lipinski definition) is 0. The van der Waals surface area contributed by atoms with Gasteiger partial charge in [-0.15, -0.1) is 0 Å². The Morgan fingerprint density at radius 3 is 2.80 bits per heavy atom. The molecule has 1 aromatic carbocycles. The monoisotopic (exact) mass is 322 g/mol. The van der Waals surface area contributed by atoms with E-state index in [-0.39, 0.29) is 5.56 Å². The lowest BCUT2D eigenvalue weighted by atomic mass is 10.2. The minimum absolute atomic E-state index is 0.276. The third-order valence-corrected chi connectivity index (χ3v) is 2.53. The number of rotatable bonds is 3. The number of nitro groups is 1. The van der Waals surface area contributed by atoms with Crippen molar-refractivity contribution in [2.24, 2.45) is 0 Å². The lowest BCUT2D eigenvalue weighted by Gasteiger charge is -2.06. The zero-order valence-electron chi connectivity index (χ0n) is 7.71. The summed E-state index contributed by atoms with van der Waals surface area (Å²) < 4.78 is 5.30. The van der Waals surface area contributed by atoms with Crippen LogP contribution >= 0.6 is 22.9 Å². The molecule has 1 rings (SSSR count). The number of carbonyl (C=O) groups excluding carboxylic acids is 1. The van der Waals surface area contributed by atoms with Crippen molar-refractivity contribution in [2.75, 3.05) is 10.3 Å². The minimum Gasteiger partial charge on any atom is -0.465 e. The number of halogens is 1. The molecule has 0 aliphatic heterocycles. The molecule has 0 saturated carbocycles. The van der Waals surface area contributed by atoms with Crippen molar-refractivity contribution in [1.82, 2.24) is 0 Å². The fourth-order valence-electron chi connectivity index (χ4n) is 0.960. The molecule has 0 saturated heterocycles. The van der Waals surface area contributed by atoms with E-state index < -0.39 is 11.0 Å². The molecule has 80 valence electrons. The highest BCUT2D eigenvalue weighted by atomic mass is 127. The Morgan fingerprint density at radius 2 is 2.27 bits per heavy atom. The highest BCUT2D eigenvalue weighted by molar-refractivity contribution is 14.1. The first-order valence-corrected chi connectivity index (χ1v) is 4.81. The number of methoxy groups -OCH3 is 1. The van der Waals surface area contributed by atoms with Gasteiger partial charge >= 0.3 is 5.97 Å². The molecule has 0 aliphatic carbocycles. The van der Waals surface area contributed by atoms with E-state index in [1.54, 1.807) is 6.07 Å². The van der Waals surface area contributed by atoms with Crippen molar-refractivity contribution in [3.8, 4) is 0 Å². The van der Waals surface area contributed by atoms with Crippen LogP contribution in [0.4, 0.5) is 5.69 Å². The van der Waals surface area contributed by atoms with Gasteiger partial charge in [-0.2, -0.15) is 0 Å². The Balaban J connectivity index is 3.02. The van der Waals surface area contributed by atoms with Crippen molar-refractivity contribution in [1.29, 1.82) is 0 Å². The van der Waals surface area contributed by atoms with Crippen molar-refractivity contribution in [3.63, 3.8) is 0 Å². The zero-order chi connectivity index (χ0) is 11.4. The summed E-state index contributed by atoms with van der Waals surface area (Å²) >= 11 is 1.53. The molecule has 0 fully saturated rings. The van der Waals surface area contributed by atoms with Gasteiger partial charge in [-0.1, -0.05) is 6.07 Å². The molecule has 6 nitrogen and oxygen atoms in total. The quantitative estimate of drug-likeness (QED) is 0.279. The molecule has 0 N–H and O–H groups in total. The van der Waals surface area contributed by atoms with Gasteiger partial charge in [-0.25, -0.2) is 14.9 Å². The normalized spacial score (nSPS) is 9.47. The summed E-state index contributed by atoms with van der Waals surface area (Å²) in [6.07, 6.45) is 0. The van der Waals surface area contributed by atoms with E-state index in [9.17, 15) is 14.9 Å². The second kappa shape index (κ2) is 4.91. The highest BCUT2D eigenvalue weighted by Gasteiger charge is 2.15. The Hall–Kier alpha value is -1.38. The summed E-state index contributed by atoms with van der Waals surface area (Å²) in [6, 6.07) is 6.00. The minimum atomic E-state index is -0.586. The summed E-state index contributed by atoms with van der Waals surface area (Å²) in [5.74, 6) is -0.523. The molecule has 15 heavy (non-hydrogen) atoms. The Bertz CT molecular complexity index is 396. The maximum absolute atomic E-state index is 11.1. The summed E-state index contributed by atoms with van der Waals surface area (Å²) in [5.41, 5.74) is 0.585. The van der Waals surface area contributed by atoms with Gasteiger partial charge in [0.1, 0.15) is 28.6 Å².